The Bertz CT molecular complexity index is 156. The fourth-order valence-electron chi connectivity index (χ4n) is 0.0983. The molecule has 42 valence electrons. The topological polar surface area (TPSA) is 34.1 Å². The van der Waals surface area contributed by atoms with E-state index in [1.54, 1.807) is 0 Å². The summed E-state index contributed by atoms with van der Waals surface area (Å²) in [5.41, 5.74) is 0. The fraction of sp³-hybridized carbons (Fsp3) is 0. The summed E-state index contributed by atoms with van der Waals surface area (Å²) < 4.78 is -0.990. The number of carbonyl (C=O) groups excluding carboxylic acids is 2. The van der Waals surface area contributed by atoms with Crippen molar-refractivity contribution in [2.75, 3.05) is 0 Å². The molecule has 0 bridgehead atoms. The van der Waals surface area contributed by atoms with Crippen LogP contribution in [0.5, 0.6) is 0 Å². The minimum atomic E-state index is -0.495. The van der Waals surface area contributed by atoms with Gasteiger partial charge in [0.05, 0.1) is 0 Å². The highest BCUT2D eigenvalue weighted by atomic mass is 79.9. The SMILES string of the molecule is O=C(Br)C#CC(=O)Br. The van der Waals surface area contributed by atoms with E-state index in [1.165, 1.54) is 0 Å². The van der Waals surface area contributed by atoms with Crippen LogP contribution in [0.4, 0.5) is 0 Å². The van der Waals surface area contributed by atoms with Gasteiger partial charge in [-0.05, 0) is 11.8 Å². The van der Waals surface area contributed by atoms with Crippen LogP contribution >= 0.6 is 31.9 Å². The first-order chi connectivity index (χ1) is 3.63. The molecule has 0 unspecified atom stereocenters. The Balaban J connectivity index is 3.87. The maximum atomic E-state index is 9.92. The van der Waals surface area contributed by atoms with Crippen molar-refractivity contribution in [3.63, 3.8) is 0 Å². The van der Waals surface area contributed by atoms with Gasteiger partial charge in [-0.15, -0.1) is 0 Å². The Labute approximate surface area is 62.9 Å². The van der Waals surface area contributed by atoms with Gasteiger partial charge >= 0.3 is 0 Å². The van der Waals surface area contributed by atoms with Gasteiger partial charge in [-0.3, -0.25) is 9.59 Å². The van der Waals surface area contributed by atoms with E-state index < -0.39 is 9.39 Å². The first kappa shape index (κ1) is 7.86. The van der Waals surface area contributed by atoms with Crippen LogP contribution in [0.1, 0.15) is 0 Å². The maximum absolute atomic E-state index is 9.92. The second-order valence-corrected chi connectivity index (χ2v) is 2.24. The van der Waals surface area contributed by atoms with Crippen molar-refractivity contribution in [1.82, 2.24) is 0 Å². The predicted molar refractivity (Wildman–Crippen MR) is 35.6 cm³/mol. The van der Waals surface area contributed by atoms with E-state index in [9.17, 15) is 9.59 Å². The van der Waals surface area contributed by atoms with Crippen LogP contribution in [0.3, 0.4) is 0 Å². The molecule has 0 aromatic carbocycles. The molecule has 0 aliphatic carbocycles. The molecule has 0 fully saturated rings. The molecule has 0 aliphatic rings. The van der Waals surface area contributed by atoms with Gasteiger partial charge in [0.2, 0.25) is 0 Å². The molecular formula is C4Br2O2. The highest BCUT2D eigenvalue weighted by molar-refractivity contribution is 9.18. The van der Waals surface area contributed by atoms with E-state index in [1.807, 2.05) is 11.8 Å². The quantitative estimate of drug-likeness (QED) is 0.464. The summed E-state index contributed by atoms with van der Waals surface area (Å²) in [6.07, 6.45) is 0. The summed E-state index contributed by atoms with van der Waals surface area (Å²) in [6.45, 7) is 0. The van der Waals surface area contributed by atoms with Gasteiger partial charge in [-0.2, -0.15) is 0 Å². The minimum absolute atomic E-state index is 0.495. The molecule has 4 heteroatoms. The van der Waals surface area contributed by atoms with E-state index in [4.69, 9.17) is 0 Å². The number of carbonyl (C=O) groups is 2. The zero-order valence-electron chi connectivity index (χ0n) is 3.57. The Morgan fingerprint density at radius 3 is 1.38 bits per heavy atom. The first-order valence-corrected chi connectivity index (χ1v) is 3.12. The molecular weight excluding hydrogens is 240 g/mol. The fourth-order valence-corrected chi connectivity index (χ4v) is 0.297. The van der Waals surface area contributed by atoms with Crippen LogP contribution in [0, 0.1) is 11.8 Å². The molecule has 0 atom stereocenters. The predicted octanol–water partition coefficient (Wildman–Crippen LogP) is 0.833. The van der Waals surface area contributed by atoms with Crippen molar-refractivity contribution >= 4 is 41.2 Å². The third-order valence-corrected chi connectivity index (χ3v) is 0.656. The minimum Gasteiger partial charge on any atom is -0.272 e. The summed E-state index contributed by atoms with van der Waals surface area (Å²) in [7, 11) is 0. The third kappa shape index (κ3) is 5.86. The van der Waals surface area contributed by atoms with E-state index >= 15 is 0 Å². The monoisotopic (exact) mass is 238 g/mol. The van der Waals surface area contributed by atoms with Crippen molar-refractivity contribution in [3.05, 3.63) is 0 Å². The van der Waals surface area contributed by atoms with E-state index in [0.717, 1.165) is 0 Å². The van der Waals surface area contributed by atoms with Gasteiger partial charge in [-0.1, -0.05) is 0 Å². The Kier molecular flexibility index (Phi) is 3.75. The molecule has 0 amide bonds. The zero-order valence-corrected chi connectivity index (χ0v) is 6.74. The van der Waals surface area contributed by atoms with Gasteiger partial charge in [0.25, 0.3) is 9.39 Å². The lowest BCUT2D eigenvalue weighted by Crippen LogP contribution is -1.79. The Morgan fingerprint density at radius 1 is 1.00 bits per heavy atom. The van der Waals surface area contributed by atoms with E-state index in [2.05, 4.69) is 31.9 Å². The zero-order chi connectivity index (χ0) is 6.57. The van der Waals surface area contributed by atoms with Crippen molar-refractivity contribution < 1.29 is 9.59 Å². The smallest absolute Gasteiger partial charge is 0.271 e. The van der Waals surface area contributed by atoms with Crippen LogP contribution in [-0.2, 0) is 9.59 Å². The lowest BCUT2D eigenvalue weighted by molar-refractivity contribution is -0.107. The summed E-state index contributed by atoms with van der Waals surface area (Å²) in [5.74, 6) is 3.95. The molecule has 0 heterocycles. The number of hydrogen-bond acceptors (Lipinski definition) is 2. The average Bonchev–Trinajstić information content (AvgIpc) is 1.61. The highest BCUT2D eigenvalue weighted by Gasteiger charge is 1.84. The molecule has 0 saturated carbocycles. The molecule has 0 spiro atoms. The van der Waals surface area contributed by atoms with Crippen molar-refractivity contribution in [3.8, 4) is 11.8 Å². The standard InChI is InChI=1S/C4Br2O2/c5-3(7)1-2-4(6)8. The number of halogens is 2. The molecule has 0 saturated heterocycles. The molecule has 8 heavy (non-hydrogen) atoms. The van der Waals surface area contributed by atoms with Crippen LogP contribution in [-0.4, -0.2) is 9.39 Å². The van der Waals surface area contributed by atoms with Crippen molar-refractivity contribution in [1.29, 1.82) is 0 Å². The normalized spacial score (nSPS) is 6.75. The van der Waals surface area contributed by atoms with Gasteiger partial charge in [0.1, 0.15) is 0 Å². The summed E-state index contributed by atoms with van der Waals surface area (Å²) in [6, 6.07) is 0. The van der Waals surface area contributed by atoms with Crippen molar-refractivity contribution in [2.45, 2.75) is 0 Å². The highest BCUT2D eigenvalue weighted by Crippen LogP contribution is 1.82. The number of rotatable bonds is 0. The van der Waals surface area contributed by atoms with Gasteiger partial charge < -0.3 is 0 Å². The lowest BCUT2D eigenvalue weighted by Gasteiger charge is -1.64. The molecule has 0 N–H and O–H groups in total. The largest absolute Gasteiger partial charge is 0.272 e. The van der Waals surface area contributed by atoms with E-state index in [0.29, 0.717) is 0 Å². The van der Waals surface area contributed by atoms with Crippen LogP contribution in [0.15, 0.2) is 0 Å². The van der Waals surface area contributed by atoms with E-state index in [-0.39, 0.29) is 0 Å². The summed E-state index contributed by atoms with van der Waals surface area (Å²) >= 11 is 5.03. The molecule has 0 aromatic rings. The second-order valence-electron chi connectivity index (χ2n) is 0.797. The molecule has 0 radical (unpaired) electrons. The lowest BCUT2D eigenvalue weighted by atomic mass is 10.6. The van der Waals surface area contributed by atoms with Gasteiger partial charge in [0.15, 0.2) is 0 Å². The molecule has 0 aromatic heterocycles. The third-order valence-electron chi connectivity index (χ3n) is 0.259. The first-order valence-electron chi connectivity index (χ1n) is 1.54. The summed E-state index contributed by atoms with van der Waals surface area (Å²) in [4.78, 5) is 19.8. The summed E-state index contributed by atoms with van der Waals surface area (Å²) in [5, 5.41) is 0. The maximum Gasteiger partial charge on any atom is 0.271 e. The van der Waals surface area contributed by atoms with Crippen LogP contribution in [0.25, 0.3) is 0 Å². The Hall–Kier alpha value is -0.140. The average molecular weight is 240 g/mol. The molecule has 0 aliphatic heterocycles. The second kappa shape index (κ2) is 3.81. The van der Waals surface area contributed by atoms with Crippen LogP contribution in [0.2, 0.25) is 0 Å². The molecule has 0 rings (SSSR count). The van der Waals surface area contributed by atoms with Crippen molar-refractivity contribution in [2.24, 2.45) is 0 Å². The Morgan fingerprint density at radius 2 is 1.25 bits per heavy atom. The van der Waals surface area contributed by atoms with Gasteiger partial charge in [0, 0.05) is 31.9 Å². The molecule has 2 nitrogen and oxygen atoms in total. The number of hydrogen-bond donors (Lipinski definition) is 0. The van der Waals surface area contributed by atoms with Gasteiger partial charge in [-0.25, -0.2) is 0 Å². The van der Waals surface area contributed by atoms with Crippen LogP contribution < -0.4 is 0 Å².